The van der Waals surface area contributed by atoms with Crippen molar-refractivity contribution in [3.05, 3.63) is 29.8 Å². The van der Waals surface area contributed by atoms with Gasteiger partial charge in [0.25, 0.3) is 5.92 Å². The molecule has 4 fully saturated rings. The lowest BCUT2D eigenvalue weighted by Crippen LogP contribution is -2.56. The highest BCUT2D eigenvalue weighted by Gasteiger charge is 2.61. The summed E-state index contributed by atoms with van der Waals surface area (Å²) in [5.41, 5.74) is 3.22. The molecule has 2 atom stereocenters. The van der Waals surface area contributed by atoms with Gasteiger partial charge in [-0.3, -0.25) is 4.90 Å². The minimum Gasteiger partial charge on any atom is -0.383 e. The summed E-state index contributed by atoms with van der Waals surface area (Å²) in [6, 6.07) is 0.132. The minimum atomic E-state index is -5.06. The van der Waals surface area contributed by atoms with Crippen LogP contribution < -0.4 is 5.73 Å². The Kier molecular flexibility index (Phi) is 5.60. The summed E-state index contributed by atoms with van der Waals surface area (Å²) in [5, 5.41) is 10.0. The van der Waals surface area contributed by atoms with Crippen LogP contribution in [0.25, 0.3) is 11.3 Å². The molecule has 2 aromatic rings. The van der Waals surface area contributed by atoms with Crippen LogP contribution in [0.5, 0.6) is 0 Å². The number of hydrogen-bond acceptors (Lipinski definition) is 5. The van der Waals surface area contributed by atoms with E-state index in [2.05, 4.69) is 9.97 Å². The van der Waals surface area contributed by atoms with E-state index < -0.39 is 53.2 Å². The second kappa shape index (κ2) is 8.01. The van der Waals surface area contributed by atoms with E-state index in [1.807, 2.05) is 4.90 Å². The number of aliphatic hydroxyl groups is 1. The van der Waals surface area contributed by atoms with Crippen LogP contribution in [0, 0.1) is 5.92 Å². The third kappa shape index (κ3) is 4.21. The highest BCUT2D eigenvalue weighted by atomic mass is 19.4. The number of aromatic nitrogens is 3. The number of nitrogen functional groups attached to an aromatic ring is 1. The molecular formula is C22H23F8N5O. The van der Waals surface area contributed by atoms with Gasteiger partial charge in [0.1, 0.15) is 11.6 Å². The molecule has 0 spiro atoms. The number of halogens is 8. The Balaban J connectivity index is 1.49. The van der Waals surface area contributed by atoms with E-state index in [0.717, 1.165) is 6.20 Å². The molecule has 0 amide bonds. The van der Waals surface area contributed by atoms with E-state index >= 15 is 0 Å². The van der Waals surface area contributed by atoms with E-state index in [9.17, 15) is 40.2 Å². The fourth-order valence-electron chi connectivity index (χ4n) is 5.94. The molecule has 3 N–H and O–H groups in total. The quantitative estimate of drug-likeness (QED) is 0.552. The van der Waals surface area contributed by atoms with Crippen LogP contribution in [0.4, 0.5) is 40.9 Å². The maximum atomic E-state index is 13.6. The molecule has 1 aliphatic heterocycles. The Morgan fingerprint density at radius 1 is 1.06 bits per heavy atom. The molecule has 0 radical (unpaired) electrons. The third-order valence-corrected chi connectivity index (χ3v) is 7.78. The maximum absolute atomic E-state index is 13.6. The van der Waals surface area contributed by atoms with Crippen molar-refractivity contribution in [1.29, 1.82) is 0 Å². The van der Waals surface area contributed by atoms with Crippen LogP contribution in [0.1, 0.15) is 55.6 Å². The molecular weight excluding hydrogens is 502 g/mol. The highest BCUT2D eigenvalue weighted by molar-refractivity contribution is 5.62. The molecule has 3 saturated carbocycles. The first-order valence-electron chi connectivity index (χ1n) is 11.4. The largest absolute Gasteiger partial charge is 0.421 e. The van der Waals surface area contributed by atoms with Gasteiger partial charge in [-0.05, 0) is 31.2 Å². The fourth-order valence-corrected chi connectivity index (χ4v) is 5.94. The van der Waals surface area contributed by atoms with Crippen LogP contribution in [0.15, 0.2) is 18.5 Å². The zero-order chi connectivity index (χ0) is 26.3. The summed E-state index contributed by atoms with van der Waals surface area (Å²) in [4.78, 5) is 9.37. The molecule has 3 heterocycles. The average Bonchev–Trinajstić information content (AvgIpc) is 3.43. The lowest BCUT2D eigenvalue weighted by atomic mass is 9.74. The first kappa shape index (κ1) is 25.2. The number of rotatable bonds is 4. The lowest BCUT2D eigenvalue weighted by Gasteiger charge is -2.50. The molecule has 6 rings (SSSR count). The first-order chi connectivity index (χ1) is 16.6. The molecule has 2 aromatic heterocycles. The molecule has 198 valence electrons. The molecule has 0 unspecified atom stereocenters. The summed E-state index contributed by atoms with van der Waals surface area (Å²) in [6.45, 7) is 0.355. The first-order valence-corrected chi connectivity index (χ1v) is 11.4. The van der Waals surface area contributed by atoms with Gasteiger partial charge in [0.2, 0.25) is 6.10 Å². The van der Waals surface area contributed by atoms with Crippen LogP contribution in [-0.2, 0) is 6.18 Å². The van der Waals surface area contributed by atoms with Crippen molar-refractivity contribution in [2.75, 3.05) is 18.8 Å². The number of anilines is 1. The van der Waals surface area contributed by atoms with Gasteiger partial charge in [0, 0.05) is 55.5 Å². The van der Waals surface area contributed by atoms with E-state index in [-0.39, 0.29) is 43.1 Å². The number of nitrogens with two attached hydrogens (primary N) is 1. The van der Waals surface area contributed by atoms with Crippen molar-refractivity contribution in [3.63, 3.8) is 0 Å². The normalized spacial score (nSPS) is 29.2. The number of imidazole rings is 1. The van der Waals surface area contributed by atoms with Gasteiger partial charge >= 0.3 is 12.4 Å². The third-order valence-electron chi connectivity index (χ3n) is 7.78. The van der Waals surface area contributed by atoms with Crippen molar-refractivity contribution >= 4 is 5.82 Å². The fraction of sp³-hybridized carbons (Fsp3) is 0.636. The molecule has 6 nitrogen and oxygen atoms in total. The van der Waals surface area contributed by atoms with E-state index in [1.54, 1.807) is 0 Å². The maximum Gasteiger partial charge on any atom is 0.421 e. The highest BCUT2D eigenvalue weighted by Crippen LogP contribution is 2.62. The molecule has 14 heteroatoms. The number of likely N-dealkylation sites (tertiary alicyclic amines) is 1. The Morgan fingerprint density at radius 2 is 1.69 bits per heavy atom. The van der Waals surface area contributed by atoms with Crippen molar-refractivity contribution < 1.29 is 40.2 Å². The van der Waals surface area contributed by atoms with Crippen LogP contribution in [0.2, 0.25) is 0 Å². The number of aliphatic hydroxyl groups excluding tert-OH is 1. The number of fused-ring (bicyclic) bond motifs is 1. The Morgan fingerprint density at radius 3 is 2.28 bits per heavy atom. The molecule has 3 aliphatic carbocycles. The number of pyridine rings is 1. The van der Waals surface area contributed by atoms with Gasteiger partial charge < -0.3 is 15.4 Å². The van der Waals surface area contributed by atoms with Crippen LogP contribution in [-0.4, -0.2) is 55.3 Å². The predicted octanol–water partition coefficient (Wildman–Crippen LogP) is 4.97. The Bertz CT molecular complexity index is 1140. The number of nitrogens with zero attached hydrogens (tertiary/aromatic N) is 4. The number of hydrogen-bond donors (Lipinski definition) is 2. The Labute approximate surface area is 200 Å². The second-order valence-electron chi connectivity index (χ2n) is 10.00. The SMILES string of the molecule is Nc1ncc(-c2cn([C@@H]3CC4(N5CCC(F)(F)CC5)CC3C4)c([C@H](O)C(F)(F)F)n2)cc1C(F)(F)F. The van der Waals surface area contributed by atoms with Gasteiger partial charge in [-0.2, -0.15) is 26.3 Å². The zero-order valence-corrected chi connectivity index (χ0v) is 18.8. The van der Waals surface area contributed by atoms with Crippen molar-refractivity contribution in [1.82, 2.24) is 19.4 Å². The monoisotopic (exact) mass is 525 g/mol. The molecule has 0 aromatic carbocycles. The predicted molar refractivity (Wildman–Crippen MR) is 111 cm³/mol. The second-order valence-corrected chi connectivity index (χ2v) is 10.00. The summed E-state index contributed by atoms with van der Waals surface area (Å²) >= 11 is 0. The van der Waals surface area contributed by atoms with Gasteiger partial charge in [0.05, 0.1) is 11.3 Å². The molecule has 36 heavy (non-hydrogen) atoms. The number of piperidine rings is 1. The van der Waals surface area contributed by atoms with Gasteiger partial charge in [0.15, 0.2) is 0 Å². The van der Waals surface area contributed by atoms with Crippen LogP contribution in [0.3, 0.4) is 0 Å². The van der Waals surface area contributed by atoms with Crippen LogP contribution >= 0.6 is 0 Å². The standard InChI is InChI=1S/C22H23F8N5O/c23-20(24)1-3-34(4-2-20)19-6-12(7-19)15(8-19)35-10-14(33-18(35)16(36)22(28,29)30)11-5-13(21(25,26)27)17(31)32-9-11/h5,9-10,12,15-16,36H,1-4,6-8H2,(H2,31,32)/t12?,15-,16+,19?/m1/s1. The lowest BCUT2D eigenvalue weighted by molar-refractivity contribution is -0.210. The summed E-state index contributed by atoms with van der Waals surface area (Å²) in [6.07, 6.45) is -9.71. The van der Waals surface area contributed by atoms with Gasteiger partial charge in [-0.1, -0.05) is 0 Å². The van der Waals surface area contributed by atoms with Gasteiger partial charge in [-0.15, -0.1) is 0 Å². The summed E-state index contributed by atoms with van der Waals surface area (Å²) in [5.74, 6) is -4.34. The smallest absolute Gasteiger partial charge is 0.383 e. The van der Waals surface area contributed by atoms with Crippen molar-refractivity contribution in [2.24, 2.45) is 5.92 Å². The van der Waals surface area contributed by atoms with Gasteiger partial charge in [-0.25, -0.2) is 18.7 Å². The minimum absolute atomic E-state index is 0.0797. The Hall–Kier alpha value is -2.48. The zero-order valence-electron chi connectivity index (χ0n) is 18.8. The summed E-state index contributed by atoms with van der Waals surface area (Å²) in [7, 11) is 0. The van der Waals surface area contributed by atoms with Crippen molar-refractivity contribution in [2.45, 2.75) is 68.1 Å². The average molecular weight is 525 g/mol. The van der Waals surface area contributed by atoms with E-state index in [1.165, 1.54) is 10.8 Å². The topological polar surface area (TPSA) is 80.2 Å². The van der Waals surface area contributed by atoms with E-state index in [4.69, 9.17) is 5.73 Å². The molecule has 1 saturated heterocycles. The van der Waals surface area contributed by atoms with Crippen molar-refractivity contribution in [3.8, 4) is 11.3 Å². The summed E-state index contributed by atoms with van der Waals surface area (Å²) < 4.78 is 109. The van der Waals surface area contributed by atoms with E-state index in [0.29, 0.717) is 25.3 Å². The molecule has 2 bridgehead atoms. The number of alkyl halides is 8. The molecule has 4 aliphatic rings.